The van der Waals surface area contributed by atoms with Gasteiger partial charge in [0.05, 0.1) is 16.9 Å². The highest BCUT2D eigenvalue weighted by Crippen LogP contribution is 2.31. The molecule has 2 aliphatic rings. The van der Waals surface area contributed by atoms with Crippen LogP contribution in [-0.2, 0) is 6.54 Å². The largest absolute Gasteiger partial charge is 0.361 e. The number of nitrogens with zero attached hydrogens (tertiary/aromatic N) is 5. The van der Waals surface area contributed by atoms with E-state index in [1.54, 1.807) is 12.4 Å². The maximum atomic E-state index is 9.77. The number of benzene rings is 1. The van der Waals surface area contributed by atoms with Gasteiger partial charge in [-0.3, -0.25) is 19.8 Å². The summed E-state index contributed by atoms with van der Waals surface area (Å²) in [7, 11) is 0. The topological polar surface area (TPSA) is 83.9 Å². The van der Waals surface area contributed by atoms with Crippen LogP contribution >= 0.6 is 0 Å². The summed E-state index contributed by atoms with van der Waals surface area (Å²) in [5.74, 6) is 0. The van der Waals surface area contributed by atoms with Gasteiger partial charge in [0.1, 0.15) is 6.07 Å². The van der Waals surface area contributed by atoms with E-state index in [0.29, 0.717) is 5.56 Å². The lowest BCUT2D eigenvalue weighted by molar-refractivity contribution is 0.0936. The third-order valence-electron chi connectivity index (χ3n) is 8.29. The van der Waals surface area contributed by atoms with Crippen LogP contribution in [0.4, 0.5) is 11.4 Å². The number of nitriles is 1. The van der Waals surface area contributed by atoms with Gasteiger partial charge in [0.25, 0.3) is 0 Å². The van der Waals surface area contributed by atoms with Crippen molar-refractivity contribution in [1.29, 1.82) is 5.26 Å². The Bertz CT molecular complexity index is 1500. The van der Waals surface area contributed by atoms with E-state index in [-0.39, 0.29) is 0 Å². The highest BCUT2D eigenvalue weighted by molar-refractivity contribution is 5.90. The van der Waals surface area contributed by atoms with E-state index in [9.17, 15) is 5.26 Å². The maximum absolute atomic E-state index is 9.77. The van der Waals surface area contributed by atoms with E-state index in [0.717, 1.165) is 64.8 Å². The predicted octanol–water partition coefficient (Wildman–Crippen LogP) is 6.11. The van der Waals surface area contributed by atoms with E-state index < -0.39 is 0 Å². The molecule has 6 rings (SSSR count). The molecule has 198 valence electrons. The summed E-state index contributed by atoms with van der Waals surface area (Å²) in [6.07, 6.45) is 16.8. The molecule has 0 atom stereocenters. The van der Waals surface area contributed by atoms with Crippen molar-refractivity contribution in [1.82, 2.24) is 24.8 Å². The molecule has 7 heteroatoms. The Labute approximate surface area is 230 Å². The minimum Gasteiger partial charge on any atom is -0.361 e. The van der Waals surface area contributed by atoms with Gasteiger partial charge in [-0.1, -0.05) is 18.9 Å². The SMILES string of the molecule is Cc1c(Nc2c(C#N)cncc2/C=C/c2ccc(CN3CCN(C4CCCC4)CC3)cn2)ccc2[nH]ccc12. The number of aromatic nitrogens is 3. The Morgan fingerprint density at radius 3 is 2.64 bits per heavy atom. The molecule has 0 radical (unpaired) electrons. The van der Waals surface area contributed by atoms with Crippen LogP contribution in [0, 0.1) is 18.3 Å². The molecule has 0 bridgehead atoms. The van der Waals surface area contributed by atoms with E-state index >= 15 is 0 Å². The Balaban J connectivity index is 1.13. The molecule has 1 aromatic carbocycles. The molecular formula is C32H35N7. The van der Waals surface area contributed by atoms with Gasteiger partial charge < -0.3 is 10.3 Å². The van der Waals surface area contributed by atoms with Crippen LogP contribution in [0.25, 0.3) is 23.1 Å². The zero-order chi connectivity index (χ0) is 26.6. The monoisotopic (exact) mass is 517 g/mol. The van der Waals surface area contributed by atoms with Crippen molar-refractivity contribution in [2.24, 2.45) is 0 Å². The Morgan fingerprint density at radius 2 is 1.87 bits per heavy atom. The molecule has 0 spiro atoms. The molecule has 4 heterocycles. The highest BCUT2D eigenvalue weighted by Gasteiger charge is 2.26. The number of fused-ring (bicyclic) bond motifs is 1. The number of aromatic amines is 1. The van der Waals surface area contributed by atoms with Crippen molar-refractivity contribution < 1.29 is 0 Å². The Morgan fingerprint density at radius 1 is 1.03 bits per heavy atom. The van der Waals surface area contributed by atoms with Crippen molar-refractivity contribution in [3.8, 4) is 6.07 Å². The fourth-order valence-electron chi connectivity index (χ4n) is 6.00. The maximum Gasteiger partial charge on any atom is 0.103 e. The number of H-pyrrole nitrogens is 1. The summed E-state index contributed by atoms with van der Waals surface area (Å²) in [5.41, 5.74) is 7.39. The van der Waals surface area contributed by atoms with E-state index in [2.05, 4.69) is 62.3 Å². The Hall–Kier alpha value is -3.99. The molecule has 1 aliphatic carbocycles. The lowest BCUT2D eigenvalue weighted by Gasteiger charge is -2.38. The van der Waals surface area contributed by atoms with E-state index in [4.69, 9.17) is 4.98 Å². The van der Waals surface area contributed by atoms with Crippen molar-refractivity contribution in [2.45, 2.75) is 45.2 Å². The molecule has 2 fully saturated rings. The fourth-order valence-corrected chi connectivity index (χ4v) is 6.00. The zero-order valence-corrected chi connectivity index (χ0v) is 22.5. The number of piperazine rings is 1. The zero-order valence-electron chi connectivity index (χ0n) is 22.5. The molecule has 4 aromatic rings. The summed E-state index contributed by atoms with van der Waals surface area (Å²) in [6, 6.07) is 13.5. The number of nitrogens with one attached hydrogen (secondary N) is 2. The van der Waals surface area contributed by atoms with Crippen molar-refractivity contribution in [3.63, 3.8) is 0 Å². The number of rotatable bonds is 7. The van der Waals surface area contributed by atoms with Gasteiger partial charge in [0.15, 0.2) is 0 Å². The summed E-state index contributed by atoms with van der Waals surface area (Å²) in [4.78, 5) is 17.5. The predicted molar refractivity (Wildman–Crippen MR) is 158 cm³/mol. The van der Waals surface area contributed by atoms with Gasteiger partial charge >= 0.3 is 0 Å². The van der Waals surface area contributed by atoms with Crippen LogP contribution in [0.5, 0.6) is 0 Å². The van der Waals surface area contributed by atoms with Gasteiger partial charge in [-0.05, 0) is 67.3 Å². The lowest BCUT2D eigenvalue weighted by Crippen LogP contribution is -2.49. The first kappa shape index (κ1) is 25.3. The normalized spacial score (nSPS) is 17.2. The van der Waals surface area contributed by atoms with Crippen molar-refractivity contribution >= 4 is 34.4 Å². The average molecular weight is 518 g/mol. The fraction of sp³-hybridized carbons (Fsp3) is 0.344. The molecule has 0 unspecified atom stereocenters. The average Bonchev–Trinajstić information content (AvgIpc) is 3.68. The smallest absolute Gasteiger partial charge is 0.103 e. The molecule has 39 heavy (non-hydrogen) atoms. The summed E-state index contributed by atoms with van der Waals surface area (Å²) >= 11 is 0. The highest BCUT2D eigenvalue weighted by atomic mass is 15.3. The molecule has 7 nitrogen and oxygen atoms in total. The third-order valence-corrected chi connectivity index (χ3v) is 8.29. The molecule has 2 N–H and O–H groups in total. The first-order valence-electron chi connectivity index (χ1n) is 14.0. The van der Waals surface area contributed by atoms with Gasteiger partial charge in [0, 0.05) is 85.7 Å². The lowest BCUT2D eigenvalue weighted by atomic mass is 10.1. The van der Waals surface area contributed by atoms with Crippen LogP contribution in [0.1, 0.15) is 53.6 Å². The van der Waals surface area contributed by atoms with E-state index in [1.165, 1.54) is 44.3 Å². The minimum absolute atomic E-state index is 0.502. The second kappa shape index (κ2) is 11.4. The number of hydrogen-bond acceptors (Lipinski definition) is 6. The summed E-state index contributed by atoms with van der Waals surface area (Å²) < 4.78 is 0. The van der Waals surface area contributed by atoms with Gasteiger partial charge in [-0.25, -0.2) is 0 Å². The third kappa shape index (κ3) is 5.58. The van der Waals surface area contributed by atoms with Crippen LogP contribution in [0.3, 0.4) is 0 Å². The molecule has 1 saturated heterocycles. The minimum atomic E-state index is 0.502. The molecule has 0 amide bonds. The first-order chi connectivity index (χ1) is 19.2. The van der Waals surface area contributed by atoms with Gasteiger partial charge in [-0.2, -0.15) is 5.26 Å². The van der Waals surface area contributed by atoms with Crippen molar-refractivity contribution in [3.05, 3.63) is 83.1 Å². The van der Waals surface area contributed by atoms with Crippen LogP contribution in [0.2, 0.25) is 0 Å². The second-order valence-electron chi connectivity index (χ2n) is 10.7. The number of pyridine rings is 2. The second-order valence-corrected chi connectivity index (χ2v) is 10.7. The van der Waals surface area contributed by atoms with Gasteiger partial charge in [-0.15, -0.1) is 0 Å². The van der Waals surface area contributed by atoms with Crippen LogP contribution < -0.4 is 5.32 Å². The number of hydrogen-bond donors (Lipinski definition) is 2. The molecule has 1 saturated carbocycles. The van der Waals surface area contributed by atoms with E-state index in [1.807, 2.05) is 30.6 Å². The quantitative estimate of drug-likeness (QED) is 0.308. The van der Waals surface area contributed by atoms with Crippen LogP contribution in [0.15, 0.2) is 55.1 Å². The summed E-state index contributed by atoms with van der Waals surface area (Å²) in [5, 5.41) is 14.4. The first-order valence-corrected chi connectivity index (χ1v) is 14.0. The van der Waals surface area contributed by atoms with Crippen LogP contribution in [-0.4, -0.2) is 57.0 Å². The Kier molecular flexibility index (Phi) is 7.40. The molecule has 3 aromatic heterocycles. The van der Waals surface area contributed by atoms with Gasteiger partial charge in [0.2, 0.25) is 0 Å². The number of anilines is 2. The van der Waals surface area contributed by atoms with Crippen molar-refractivity contribution in [2.75, 3.05) is 31.5 Å². The standard InChI is InChI=1S/C32H35N7/c1-23-29-12-13-35-31(29)11-10-30(23)37-32-25(20-34-21-26(32)18-33)7-9-27-8-6-24(19-36-27)22-38-14-16-39(17-15-38)28-4-2-3-5-28/h6-13,19-21,28,35H,2-5,14-17,22H2,1H3,(H,34,37)/b9-7+. The molecule has 1 aliphatic heterocycles. The number of aryl methyl sites for hydroxylation is 1. The summed E-state index contributed by atoms with van der Waals surface area (Å²) in [6.45, 7) is 7.66. The molecular weight excluding hydrogens is 482 g/mol.